The molecule has 15 heavy (non-hydrogen) atoms. The fourth-order valence-corrected chi connectivity index (χ4v) is 2.93. The molecule has 0 radical (unpaired) electrons. The third-order valence-electron chi connectivity index (χ3n) is 4.00. The predicted octanol–water partition coefficient (Wildman–Crippen LogP) is 3.65. The van der Waals surface area contributed by atoms with E-state index in [-0.39, 0.29) is 0 Å². The summed E-state index contributed by atoms with van der Waals surface area (Å²) in [6.45, 7) is 2.41. The van der Waals surface area contributed by atoms with Crippen LogP contribution in [0.5, 0.6) is 0 Å². The summed E-state index contributed by atoms with van der Waals surface area (Å²) in [4.78, 5) is 0. The first kappa shape index (κ1) is 11.2. The highest BCUT2D eigenvalue weighted by atomic mass is 14.9. The average Bonchev–Trinajstić information content (AvgIpc) is 2.46. The van der Waals surface area contributed by atoms with Crippen molar-refractivity contribution in [2.45, 2.75) is 70.4 Å². The van der Waals surface area contributed by atoms with E-state index in [4.69, 9.17) is 0 Å². The molecule has 0 aliphatic heterocycles. The Morgan fingerprint density at radius 2 is 1.87 bits per heavy atom. The molecule has 2 aliphatic carbocycles. The molecule has 1 nitrogen and oxygen atoms in total. The normalized spacial score (nSPS) is 37.5. The van der Waals surface area contributed by atoms with Gasteiger partial charge < -0.3 is 5.32 Å². The molecule has 0 spiro atoms. The summed E-state index contributed by atoms with van der Waals surface area (Å²) in [5.74, 6) is 0.961. The van der Waals surface area contributed by atoms with E-state index < -0.39 is 0 Å². The third-order valence-corrected chi connectivity index (χ3v) is 4.00. The maximum Gasteiger partial charge on any atom is 0.0107 e. The first-order valence-corrected chi connectivity index (χ1v) is 6.75. The standard InChI is InChI=1S/C14H25N/c1-12-6-5-9-14(11-10-12)15-13-7-3-2-4-8-13/h2-3,12-15H,4-11H2,1H3. The van der Waals surface area contributed by atoms with Crippen molar-refractivity contribution in [3.63, 3.8) is 0 Å². The van der Waals surface area contributed by atoms with Crippen LogP contribution >= 0.6 is 0 Å². The third kappa shape index (κ3) is 3.64. The molecule has 0 aromatic rings. The molecule has 0 aromatic heterocycles. The van der Waals surface area contributed by atoms with Gasteiger partial charge in [0.1, 0.15) is 0 Å². The summed E-state index contributed by atoms with van der Waals surface area (Å²) < 4.78 is 0. The average molecular weight is 207 g/mol. The van der Waals surface area contributed by atoms with Gasteiger partial charge in [-0.05, 0) is 44.4 Å². The smallest absolute Gasteiger partial charge is 0.0107 e. The molecule has 0 aromatic carbocycles. The van der Waals surface area contributed by atoms with Crippen molar-refractivity contribution in [2.75, 3.05) is 0 Å². The minimum atomic E-state index is 0.772. The Balaban J connectivity index is 1.75. The Bertz CT molecular complexity index is 209. The summed E-state index contributed by atoms with van der Waals surface area (Å²) in [5.41, 5.74) is 0. The SMILES string of the molecule is CC1CCCC(NC2CC=CCC2)CC1. The molecule has 1 heteroatoms. The Morgan fingerprint density at radius 3 is 2.67 bits per heavy atom. The topological polar surface area (TPSA) is 12.0 Å². The lowest BCUT2D eigenvalue weighted by Crippen LogP contribution is -2.38. The van der Waals surface area contributed by atoms with Crippen LogP contribution in [0.3, 0.4) is 0 Å². The highest BCUT2D eigenvalue weighted by molar-refractivity contribution is 4.94. The van der Waals surface area contributed by atoms with Crippen molar-refractivity contribution in [3.8, 4) is 0 Å². The maximum absolute atomic E-state index is 3.87. The van der Waals surface area contributed by atoms with E-state index in [9.17, 15) is 0 Å². The first-order valence-electron chi connectivity index (χ1n) is 6.75. The largest absolute Gasteiger partial charge is 0.311 e. The van der Waals surface area contributed by atoms with E-state index in [1.807, 2.05) is 0 Å². The van der Waals surface area contributed by atoms with Gasteiger partial charge in [-0.3, -0.25) is 0 Å². The molecule has 0 heterocycles. The number of hydrogen-bond donors (Lipinski definition) is 1. The van der Waals surface area contributed by atoms with Gasteiger partial charge in [0.25, 0.3) is 0 Å². The van der Waals surface area contributed by atoms with Crippen LogP contribution < -0.4 is 5.32 Å². The van der Waals surface area contributed by atoms with Gasteiger partial charge in [-0.1, -0.05) is 31.9 Å². The number of nitrogens with one attached hydrogen (secondary N) is 1. The summed E-state index contributed by atoms with van der Waals surface area (Å²) >= 11 is 0. The van der Waals surface area contributed by atoms with Gasteiger partial charge >= 0.3 is 0 Å². The van der Waals surface area contributed by atoms with E-state index in [1.54, 1.807) is 0 Å². The molecule has 0 amide bonds. The molecule has 0 saturated heterocycles. The van der Waals surface area contributed by atoms with Crippen LogP contribution in [0.15, 0.2) is 12.2 Å². The molecule has 86 valence electrons. The lowest BCUT2D eigenvalue weighted by atomic mass is 9.99. The molecule has 2 rings (SSSR count). The van der Waals surface area contributed by atoms with Gasteiger partial charge in [-0.25, -0.2) is 0 Å². The van der Waals surface area contributed by atoms with Gasteiger partial charge in [-0.2, -0.15) is 0 Å². The molecular weight excluding hydrogens is 182 g/mol. The van der Waals surface area contributed by atoms with Crippen LogP contribution in [0.1, 0.15) is 58.3 Å². The minimum Gasteiger partial charge on any atom is -0.311 e. The minimum absolute atomic E-state index is 0.772. The predicted molar refractivity (Wildman–Crippen MR) is 66.0 cm³/mol. The van der Waals surface area contributed by atoms with Crippen LogP contribution in [-0.2, 0) is 0 Å². The Hall–Kier alpha value is -0.300. The molecule has 3 unspecified atom stereocenters. The molecule has 3 atom stereocenters. The zero-order valence-electron chi connectivity index (χ0n) is 10.0. The summed E-state index contributed by atoms with van der Waals surface area (Å²) in [6, 6.07) is 1.58. The van der Waals surface area contributed by atoms with Crippen LogP contribution in [0.2, 0.25) is 0 Å². The molecule has 0 bridgehead atoms. The number of hydrogen-bond acceptors (Lipinski definition) is 1. The summed E-state index contributed by atoms with van der Waals surface area (Å²) in [5, 5.41) is 3.87. The Kier molecular flexibility index (Phi) is 4.25. The Labute approximate surface area is 94.3 Å². The summed E-state index contributed by atoms with van der Waals surface area (Å²) in [6.07, 6.45) is 15.7. The van der Waals surface area contributed by atoms with E-state index in [1.165, 1.54) is 51.4 Å². The second-order valence-corrected chi connectivity index (χ2v) is 5.46. The van der Waals surface area contributed by atoms with Gasteiger partial charge in [-0.15, -0.1) is 0 Å². The molecule has 1 N–H and O–H groups in total. The van der Waals surface area contributed by atoms with E-state index in [0.29, 0.717) is 0 Å². The second-order valence-electron chi connectivity index (χ2n) is 5.46. The maximum atomic E-state index is 3.87. The number of rotatable bonds is 2. The van der Waals surface area contributed by atoms with Crippen molar-refractivity contribution in [1.29, 1.82) is 0 Å². The molecule has 1 fully saturated rings. The number of allylic oxidation sites excluding steroid dienone is 1. The highest BCUT2D eigenvalue weighted by Gasteiger charge is 2.19. The monoisotopic (exact) mass is 207 g/mol. The molecule has 1 saturated carbocycles. The van der Waals surface area contributed by atoms with E-state index >= 15 is 0 Å². The van der Waals surface area contributed by atoms with Crippen LogP contribution in [0, 0.1) is 5.92 Å². The zero-order chi connectivity index (χ0) is 10.5. The lowest BCUT2D eigenvalue weighted by Gasteiger charge is -2.25. The molecular formula is C14H25N. The van der Waals surface area contributed by atoms with Crippen LogP contribution in [-0.4, -0.2) is 12.1 Å². The van der Waals surface area contributed by atoms with Gasteiger partial charge in [0, 0.05) is 12.1 Å². The van der Waals surface area contributed by atoms with E-state index in [2.05, 4.69) is 24.4 Å². The van der Waals surface area contributed by atoms with Crippen molar-refractivity contribution in [3.05, 3.63) is 12.2 Å². The van der Waals surface area contributed by atoms with Crippen LogP contribution in [0.4, 0.5) is 0 Å². The second kappa shape index (κ2) is 5.69. The quantitative estimate of drug-likeness (QED) is 0.538. The van der Waals surface area contributed by atoms with Gasteiger partial charge in [0.05, 0.1) is 0 Å². The zero-order valence-corrected chi connectivity index (χ0v) is 10.0. The fraction of sp³-hybridized carbons (Fsp3) is 0.857. The highest BCUT2D eigenvalue weighted by Crippen LogP contribution is 2.24. The Morgan fingerprint density at radius 1 is 0.933 bits per heavy atom. The van der Waals surface area contributed by atoms with Gasteiger partial charge in [0.15, 0.2) is 0 Å². The van der Waals surface area contributed by atoms with Crippen LogP contribution in [0.25, 0.3) is 0 Å². The van der Waals surface area contributed by atoms with Crippen molar-refractivity contribution < 1.29 is 0 Å². The van der Waals surface area contributed by atoms with Crippen molar-refractivity contribution in [2.24, 2.45) is 5.92 Å². The van der Waals surface area contributed by atoms with Gasteiger partial charge in [0.2, 0.25) is 0 Å². The summed E-state index contributed by atoms with van der Waals surface area (Å²) in [7, 11) is 0. The molecule has 2 aliphatic rings. The first-order chi connectivity index (χ1) is 7.34. The van der Waals surface area contributed by atoms with E-state index in [0.717, 1.165) is 18.0 Å². The lowest BCUT2D eigenvalue weighted by molar-refractivity contribution is 0.371. The van der Waals surface area contributed by atoms with Crippen molar-refractivity contribution in [1.82, 2.24) is 5.32 Å². The fourth-order valence-electron chi connectivity index (χ4n) is 2.93. The van der Waals surface area contributed by atoms with Crippen molar-refractivity contribution >= 4 is 0 Å².